The number of aromatic nitrogens is 2. The minimum absolute atomic E-state index is 0.112. The summed E-state index contributed by atoms with van der Waals surface area (Å²) in [6.07, 6.45) is 0.767. The molecule has 3 aromatic rings. The molecule has 3 rings (SSSR count). The van der Waals surface area contributed by atoms with Crippen molar-refractivity contribution in [2.75, 3.05) is 0 Å². The number of hydrogen-bond donors (Lipinski definition) is 1. The van der Waals surface area contributed by atoms with Gasteiger partial charge in [0.25, 0.3) is 5.89 Å². The molecular formula is C15H12N2O4. The Morgan fingerprint density at radius 2 is 1.86 bits per heavy atom. The van der Waals surface area contributed by atoms with E-state index < -0.39 is 5.97 Å². The number of carbonyl (C=O) groups is 1. The molecule has 0 spiro atoms. The molecule has 21 heavy (non-hydrogen) atoms. The van der Waals surface area contributed by atoms with Gasteiger partial charge in [-0.15, -0.1) is 10.2 Å². The largest absolute Gasteiger partial charge is 0.478 e. The topological polar surface area (TPSA) is 89.4 Å². The molecule has 6 nitrogen and oxygen atoms in total. The second kappa shape index (κ2) is 5.24. The third kappa shape index (κ3) is 2.43. The van der Waals surface area contributed by atoms with Crippen LogP contribution in [0.3, 0.4) is 0 Å². The average Bonchev–Trinajstić information content (AvgIpc) is 3.16. The quantitative estimate of drug-likeness (QED) is 0.790. The van der Waals surface area contributed by atoms with Gasteiger partial charge in [-0.25, -0.2) is 4.79 Å². The van der Waals surface area contributed by atoms with E-state index in [0.717, 1.165) is 12.2 Å². The summed E-state index contributed by atoms with van der Waals surface area (Å²) in [7, 11) is 0. The second-order valence-electron chi connectivity index (χ2n) is 4.38. The number of carboxylic acids is 1. The third-order valence-corrected chi connectivity index (χ3v) is 3.03. The van der Waals surface area contributed by atoms with E-state index in [-0.39, 0.29) is 17.3 Å². The van der Waals surface area contributed by atoms with Crippen molar-refractivity contribution in [2.24, 2.45) is 0 Å². The van der Waals surface area contributed by atoms with Crippen molar-refractivity contribution >= 4 is 5.97 Å². The molecule has 0 saturated heterocycles. The van der Waals surface area contributed by atoms with Gasteiger partial charge in [0, 0.05) is 6.42 Å². The smallest absolute Gasteiger partial charge is 0.336 e. The number of hydrogen-bond acceptors (Lipinski definition) is 5. The standard InChI is InChI=1S/C15H12N2O4/c1-2-9-7-8-12(20-9)14-17-16-13(21-14)10-5-3-4-6-11(10)15(18)19/h3-8H,2H2,1H3,(H,18,19). The predicted molar refractivity (Wildman–Crippen MR) is 73.8 cm³/mol. The Labute approximate surface area is 120 Å². The molecule has 0 aliphatic rings. The Morgan fingerprint density at radius 3 is 2.57 bits per heavy atom. The van der Waals surface area contributed by atoms with Crippen LogP contribution in [-0.4, -0.2) is 21.3 Å². The van der Waals surface area contributed by atoms with E-state index >= 15 is 0 Å². The highest BCUT2D eigenvalue weighted by molar-refractivity contribution is 5.94. The lowest BCUT2D eigenvalue weighted by Gasteiger charge is -1.99. The number of nitrogens with zero attached hydrogens (tertiary/aromatic N) is 2. The molecule has 0 aliphatic carbocycles. The van der Waals surface area contributed by atoms with Gasteiger partial charge in [0.1, 0.15) is 5.76 Å². The molecule has 6 heteroatoms. The zero-order chi connectivity index (χ0) is 14.8. The number of furan rings is 1. The summed E-state index contributed by atoms with van der Waals surface area (Å²) in [5, 5.41) is 17.0. The van der Waals surface area contributed by atoms with Crippen LogP contribution in [0.25, 0.3) is 23.1 Å². The van der Waals surface area contributed by atoms with Gasteiger partial charge in [-0.3, -0.25) is 0 Å². The molecule has 2 heterocycles. The van der Waals surface area contributed by atoms with Crippen molar-refractivity contribution in [3.63, 3.8) is 0 Å². The van der Waals surface area contributed by atoms with Gasteiger partial charge >= 0.3 is 5.97 Å². The minimum atomic E-state index is -1.04. The van der Waals surface area contributed by atoms with Crippen LogP contribution < -0.4 is 0 Å². The van der Waals surface area contributed by atoms with Crippen molar-refractivity contribution in [3.8, 4) is 23.1 Å². The van der Waals surface area contributed by atoms with E-state index in [0.29, 0.717) is 11.3 Å². The normalized spacial score (nSPS) is 10.7. The molecule has 0 fully saturated rings. The zero-order valence-corrected chi connectivity index (χ0v) is 11.2. The molecule has 0 bridgehead atoms. The lowest BCUT2D eigenvalue weighted by molar-refractivity contribution is 0.0697. The van der Waals surface area contributed by atoms with Crippen molar-refractivity contribution in [1.29, 1.82) is 0 Å². The SMILES string of the molecule is CCc1ccc(-c2nnc(-c3ccccc3C(=O)O)o2)o1. The maximum absolute atomic E-state index is 11.2. The zero-order valence-electron chi connectivity index (χ0n) is 11.2. The Balaban J connectivity index is 2.01. The lowest BCUT2D eigenvalue weighted by Crippen LogP contribution is -1.98. The van der Waals surface area contributed by atoms with Gasteiger partial charge in [0.2, 0.25) is 5.89 Å². The highest BCUT2D eigenvalue weighted by Crippen LogP contribution is 2.27. The lowest BCUT2D eigenvalue weighted by atomic mass is 10.1. The van der Waals surface area contributed by atoms with Crippen LogP contribution in [0.5, 0.6) is 0 Å². The first-order chi connectivity index (χ1) is 10.2. The monoisotopic (exact) mass is 284 g/mol. The van der Waals surface area contributed by atoms with E-state index in [4.69, 9.17) is 8.83 Å². The van der Waals surface area contributed by atoms with Crippen molar-refractivity contribution < 1.29 is 18.7 Å². The van der Waals surface area contributed by atoms with Crippen LogP contribution in [0.4, 0.5) is 0 Å². The molecule has 0 aliphatic heterocycles. The fourth-order valence-corrected chi connectivity index (χ4v) is 1.97. The molecule has 0 unspecified atom stereocenters. The number of carboxylic acid groups (broad SMARTS) is 1. The minimum Gasteiger partial charge on any atom is -0.478 e. The number of aryl methyl sites for hydroxylation is 1. The van der Waals surface area contributed by atoms with Gasteiger partial charge in [-0.05, 0) is 24.3 Å². The highest BCUT2D eigenvalue weighted by Gasteiger charge is 2.18. The highest BCUT2D eigenvalue weighted by atomic mass is 16.4. The van der Waals surface area contributed by atoms with Gasteiger partial charge in [0.05, 0.1) is 11.1 Å². The van der Waals surface area contributed by atoms with E-state index in [1.54, 1.807) is 24.3 Å². The van der Waals surface area contributed by atoms with E-state index in [2.05, 4.69) is 10.2 Å². The van der Waals surface area contributed by atoms with Crippen LogP contribution in [-0.2, 0) is 6.42 Å². The average molecular weight is 284 g/mol. The van der Waals surface area contributed by atoms with Crippen LogP contribution in [0.15, 0.2) is 45.2 Å². The molecular weight excluding hydrogens is 272 g/mol. The first-order valence-electron chi connectivity index (χ1n) is 6.44. The maximum Gasteiger partial charge on any atom is 0.336 e. The number of rotatable bonds is 4. The molecule has 0 atom stereocenters. The Bertz CT molecular complexity index is 788. The summed E-state index contributed by atoms with van der Waals surface area (Å²) in [6, 6.07) is 10.1. The molecule has 0 amide bonds. The van der Waals surface area contributed by atoms with Crippen LogP contribution in [0.2, 0.25) is 0 Å². The van der Waals surface area contributed by atoms with E-state index in [9.17, 15) is 9.90 Å². The summed E-state index contributed by atoms with van der Waals surface area (Å²) in [4.78, 5) is 11.2. The van der Waals surface area contributed by atoms with Gasteiger partial charge < -0.3 is 13.9 Å². The first-order valence-corrected chi connectivity index (χ1v) is 6.44. The molecule has 2 aromatic heterocycles. The summed E-state index contributed by atoms with van der Waals surface area (Å²) < 4.78 is 11.1. The summed E-state index contributed by atoms with van der Waals surface area (Å²) in [5.74, 6) is 0.619. The van der Waals surface area contributed by atoms with Crippen LogP contribution >= 0.6 is 0 Å². The van der Waals surface area contributed by atoms with Crippen molar-refractivity contribution in [1.82, 2.24) is 10.2 Å². The van der Waals surface area contributed by atoms with E-state index in [1.807, 2.05) is 13.0 Å². The maximum atomic E-state index is 11.2. The number of benzene rings is 1. The summed E-state index contributed by atoms with van der Waals surface area (Å²) in [6.45, 7) is 1.98. The van der Waals surface area contributed by atoms with Crippen LogP contribution in [0, 0.1) is 0 Å². The molecule has 106 valence electrons. The second-order valence-corrected chi connectivity index (χ2v) is 4.38. The molecule has 0 radical (unpaired) electrons. The Kier molecular flexibility index (Phi) is 3.27. The fraction of sp³-hybridized carbons (Fsp3) is 0.133. The van der Waals surface area contributed by atoms with Crippen molar-refractivity contribution in [2.45, 2.75) is 13.3 Å². The Morgan fingerprint density at radius 1 is 1.10 bits per heavy atom. The van der Waals surface area contributed by atoms with Crippen LogP contribution in [0.1, 0.15) is 23.0 Å². The molecule has 1 N–H and O–H groups in total. The van der Waals surface area contributed by atoms with Gasteiger partial charge in [-0.2, -0.15) is 0 Å². The molecule has 1 aromatic carbocycles. The van der Waals surface area contributed by atoms with Crippen molar-refractivity contribution in [3.05, 3.63) is 47.7 Å². The van der Waals surface area contributed by atoms with E-state index in [1.165, 1.54) is 6.07 Å². The van der Waals surface area contributed by atoms with Gasteiger partial charge in [-0.1, -0.05) is 19.1 Å². The summed E-state index contributed by atoms with van der Waals surface area (Å²) >= 11 is 0. The summed E-state index contributed by atoms with van der Waals surface area (Å²) in [5.41, 5.74) is 0.493. The fourth-order valence-electron chi connectivity index (χ4n) is 1.97. The van der Waals surface area contributed by atoms with Gasteiger partial charge in [0.15, 0.2) is 5.76 Å². The number of aromatic carboxylic acids is 1. The first kappa shape index (κ1) is 13.1. The third-order valence-electron chi connectivity index (χ3n) is 3.03. The molecule has 0 saturated carbocycles. The Hall–Kier alpha value is -2.89. The predicted octanol–water partition coefficient (Wildman–Crippen LogP) is 3.26.